The molecule has 1 aliphatic heterocycles. The number of piperidine rings is 1. The lowest BCUT2D eigenvalue weighted by atomic mass is 9.74. The third-order valence-electron chi connectivity index (χ3n) is 3.98. The van der Waals surface area contributed by atoms with Gasteiger partial charge in [0, 0.05) is 27.2 Å². The fourth-order valence-corrected chi connectivity index (χ4v) is 2.41. The predicted octanol–water partition coefficient (Wildman–Crippen LogP) is 2.57. The van der Waals surface area contributed by atoms with Crippen molar-refractivity contribution < 1.29 is 4.79 Å². The van der Waals surface area contributed by atoms with Crippen LogP contribution in [0.15, 0.2) is 0 Å². The summed E-state index contributed by atoms with van der Waals surface area (Å²) in [5.41, 5.74) is 0.503. The van der Waals surface area contributed by atoms with Gasteiger partial charge in [-0.25, -0.2) is 4.79 Å². The van der Waals surface area contributed by atoms with Gasteiger partial charge in [-0.1, -0.05) is 26.7 Å². The molecule has 3 nitrogen and oxygen atoms in total. The summed E-state index contributed by atoms with van der Waals surface area (Å²) in [6, 6.07) is 0.163. The van der Waals surface area contributed by atoms with E-state index in [1.165, 1.54) is 25.7 Å². The van der Waals surface area contributed by atoms with Crippen LogP contribution in [-0.4, -0.2) is 43.0 Å². The second-order valence-corrected chi connectivity index (χ2v) is 4.87. The summed E-state index contributed by atoms with van der Waals surface area (Å²) in [5, 5.41) is 0. The quantitative estimate of drug-likeness (QED) is 0.690. The Morgan fingerprint density at radius 3 is 2.00 bits per heavy atom. The van der Waals surface area contributed by atoms with E-state index in [9.17, 15) is 4.79 Å². The highest BCUT2D eigenvalue weighted by molar-refractivity contribution is 5.73. The van der Waals surface area contributed by atoms with E-state index in [-0.39, 0.29) is 6.03 Å². The summed E-state index contributed by atoms with van der Waals surface area (Å²) in [5.74, 6) is 0. The Morgan fingerprint density at radius 2 is 1.67 bits per heavy atom. The number of amides is 2. The Hall–Kier alpha value is -0.730. The van der Waals surface area contributed by atoms with Crippen LogP contribution in [0, 0.1) is 5.41 Å². The van der Waals surface area contributed by atoms with E-state index in [2.05, 4.69) is 13.8 Å². The maximum atomic E-state index is 11.7. The average molecular weight is 212 g/mol. The minimum Gasteiger partial charge on any atom is -0.331 e. The van der Waals surface area contributed by atoms with Crippen molar-refractivity contribution in [2.24, 2.45) is 5.41 Å². The summed E-state index contributed by atoms with van der Waals surface area (Å²) in [6.07, 6.45) is 4.82. The molecule has 0 aromatic rings. The van der Waals surface area contributed by atoms with Gasteiger partial charge < -0.3 is 9.80 Å². The monoisotopic (exact) mass is 212 g/mol. The molecule has 0 atom stereocenters. The molecular formula is C12H24N2O. The summed E-state index contributed by atoms with van der Waals surface area (Å²) >= 11 is 0. The van der Waals surface area contributed by atoms with Crippen molar-refractivity contribution in [3.8, 4) is 0 Å². The van der Waals surface area contributed by atoms with Crippen LogP contribution in [0.5, 0.6) is 0 Å². The third kappa shape index (κ3) is 2.64. The van der Waals surface area contributed by atoms with Crippen LogP contribution in [0.3, 0.4) is 0 Å². The molecule has 0 radical (unpaired) electrons. The Labute approximate surface area is 93.4 Å². The zero-order chi connectivity index (χ0) is 11.5. The van der Waals surface area contributed by atoms with Gasteiger partial charge in [0.1, 0.15) is 0 Å². The second kappa shape index (κ2) is 4.86. The molecule has 0 aromatic carbocycles. The highest BCUT2D eigenvalue weighted by Crippen LogP contribution is 2.37. The van der Waals surface area contributed by atoms with Gasteiger partial charge in [-0.05, 0) is 18.3 Å². The third-order valence-corrected chi connectivity index (χ3v) is 3.98. The molecule has 1 fully saturated rings. The van der Waals surface area contributed by atoms with Crippen LogP contribution < -0.4 is 0 Å². The number of carbonyl (C=O) groups is 1. The number of rotatable bonds is 2. The smallest absolute Gasteiger partial charge is 0.319 e. The molecule has 1 saturated heterocycles. The number of carbonyl (C=O) groups excluding carboxylic acids is 1. The molecule has 0 bridgehead atoms. The van der Waals surface area contributed by atoms with E-state index < -0.39 is 0 Å². The number of nitrogens with zero attached hydrogens (tertiary/aromatic N) is 2. The van der Waals surface area contributed by atoms with Crippen molar-refractivity contribution in [1.82, 2.24) is 9.80 Å². The van der Waals surface area contributed by atoms with Gasteiger partial charge in [0.15, 0.2) is 0 Å². The highest BCUT2D eigenvalue weighted by Gasteiger charge is 2.33. The van der Waals surface area contributed by atoms with Gasteiger partial charge >= 0.3 is 6.03 Å². The van der Waals surface area contributed by atoms with Gasteiger partial charge in [0.05, 0.1) is 0 Å². The zero-order valence-electron chi connectivity index (χ0n) is 10.5. The van der Waals surface area contributed by atoms with Crippen molar-refractivity contribution in [2.45, 2.75) is 39.5 Å². The molecule has 1 aliphatic rings. The lowest BCUT2D eigenvalue weighted by molar-refractivity contribution is 0.0974. The first-order valence-corrected chi connectivity index (χ1v) is 6.01. The largest absolute Gasteiger partial charge is 0.331 e. The van der Waals surface area contributed by atoms with Crippen LogP contribution in [0.2, 0.25) is 0 Å². The molecule has 0 saturated carbocycles. The fourth-order valence-electron chi connectivity index (χ4n) is 2.41. The van der Waals surface area contributed by atoms with Crippen LogP contribution in [0.4, 0.5) is 4.79 Å². The van der Waals surface area contributed by atoms with E-state index in [0.29, 0.717) is 5.41 Å². The lowest BCUT2D eigenvalue weighted by Crippen LogP contribution is -2.46. The molecule has 3 heteroatoms. The predicted molar refractivity (Wildman–Crippen MR) is 62.9 cm³/mol. The average Bonchev–Trinajstić information content (AvgIpc) is 2.28. The molecule has 0 N–H and O–H groups in total. The SMILES string of the molecule is CCC1(CC)CCN(C(=O)N(C)C)CC1. The molecule has 0 aromatic heterocycles. The number of urea groups is 1. The lowest BCUT2D eigenvalue weighted by Gasteiger charge is -2.41. The van der Waals surface area contributed by atoms with Crippen LogP contribution >= 0.6 is 0 Å². The molecule has 0 unspecified atom stereocenters. The molecule has 15 heavy (non-hydrogen) atoms. The minimum atomic E-state index is 0.163. The summed E-state index contributed by atoms with van der Waals surface area (Å²) in [7, 11) is 3.65. The molecule has 0 aliphatic carbocycles. The molecular weight excluding hydrogens is 188 g/mol. The van der Waals surface area contributed by atoms with Crippen LogP contribution in [0.1, 0.15) is 39.5 Å². The number of likely N-dealkylation sites (tertiary alicyclic amines) is 1. The van der Waals surface area contributed by atoms with E-state index in [1.54, 1.807) is 4.90 Å². The van der Waals surface area contributed by atoms with Crippen molar-refractivity contribution in [3.63, 3.8) is 0 Å². The summed E-state index contributed by atoms with van der Waals surface area (Å²) in [6.45, 7) is 6.40. The first kappa shape index (κ1) is 12.3. The van der Waals surface area contributed by atoms with E-state index in [1.807, 2.05) is 19.0 Å². The van der Waals surface area contributed by atoms with E-state index >= 15 is 0 Å². The maximum absolute atomic E-state index is 11.7. The van der Waals surface area contributed by atoms with E-state index in [4.69, 9.17) is 0 Å². The van der Waals surface area contributed by atoms with Gasteiger partial charge in [0.2, 0.25) is 0 Å². The normalized spacial score (nSPS) is 20.1. The molecule has 1 rings (SSSR count). The van der Waals surface area contributed by atoms with Crippen molar-refractivity contribution in [3.05, 3.63) is 0 Å². The Morgan fingerprint density at radius 1 is 1.20 bits per heavy atom. The highest BCUT2D eigenvalue weighted by atomic mass is 16.2. The van der Waals surface area contributed by atoms with Gasteiger partial charge in [0.25, 0.3) is 0 Å². The summed E-state index contributed by atoms with van der Waals surface area (Å²) < 4.78 is 0. The van der Waals surface area contributed by atoms with Crippen LogP contribution in [-0.2, 0) is 0 Å². The Bertz CT molecular complexity index is 212. The molecule has 1 heterocycles. The van der Waals surface area contributed by atoms with Gasteiger partial charge in [-0.15, -0.1) is 0 Å². The molecule has 88 valence electrons. The zero-order valence-corrected chi connectivity index (χ0v) is 10.5. The van der Waals surface area contributed by atoms with Crippen LogP contribution in [0.25, 0.3) is 0 Å². The minimum absolute atomic E-state index is 0.163. The molecule has 0 spiro atoms. The van der Waals surface area contributed by atoms with E-state index in [0.717, 1.165) is 13.1 Å². The van der Waals surface area contributed by atoms with Crippen molar-refractivity contribution >= 4 is 6.03 Å². The second-order valence-electron chi connectivity index (χ2n) is 4.87. The Kier molecular flexibility index (Phi) is 4.00. The van der Waals surface area contributed by atoms with Gasteiger partial charge in [-0.2, -0.15) is 0 Å². The van der Waals surface area contributed by atoms with Crippen molar-refractivity contribution in [1.29, 1.82) is 0 Å². The number of hydrogen-bond acceptors (Lipinski definition) is 1. The first-order valence-electron chi connectivity index (χ1n) is 6.01. The number of hydrogen-bond donors (Lipinski definition) is 0. The topological polar surface area (TPSA) is 23.6 Å². The first-order chi connectivity index (χ1) is 7.04. The Balaban J connectivity index is 2.52. The molecule has 2 amide bonds. The standard InChI is InChI=1S/C12H24N2O/c1-5-12(6-2)7-9-14(10-8-12)11(15)13(3)4/h5-10H2,1-4H3. The fraction of sp³-hybridized carbons (Fsp3) is 0.917. The van der Waals surface area contributed by atoms with Crippen molar-refractivity contribution in [2.75, 3.05) is 27.2 Å². The summed E-state index contributed by atoms with van der Waals surface area (Å²) in [4.78, 5) is 15.4. The maximum Gasteiger partial charge on any atom is 0.319 e. The van der Waals surface area contributed by atoms with Gasteiger partial charge in [-0.3, -0.25) is 0 Å².